The lowest BCUT2D eigenvalue weighted by atomic mass is 9.75. The number of hydrogen-bond acceptors (Lipinski definition) is 0. The first-order chi connectivity index (χ1) is 12.0. The van der Waals surface area contributed by atoms with Crippen molar-refractivity contribution in [3.8, 4) is 0 Å². The third kappa shape index (κ3) is 5.05. The number of halogens is 2. The number of rotatable bonds is 5. The zero-order chi connectivity index (χ0) is 17.8. The van der Waals surface area contributed by atoms with Crippen molar-refractivity contribution in [2.24, 2.45) is 23.7 Å². The van der Waals surface area contributed by atoms with Crippen LogP contribution in [0.3, 0.4) is 0 Å². The van der Waals surface area contributed by atoms with Gasteiger partial charge in [0.05, 0.1) is 0 Å². The second kappa shape index (κ2) is 8.64. The molecule has 1 aromatic carbocycles. The van der Waals surface area contributed by atoms with E-state index in [0.717, 1.165) is 17.8 Å². The van der Waals surface area contributed by atoms with Crippen LogP contribution in [-0.2, 0) is 6.42 Å². The third-order valence-electron chi connectivity index (χ3n) is 6.95. The van der Waals surface area contributed by atoms with E-state index >= 15 is 0 Å². The summed E-state index contributed by atoms with van der Waals surface area (Å²) >= 11 is 0. The van der Waals surface area contributed by atoms with E-state index in [2.05, 4.69) is 6.92 Å². The van der Waals surface area contributed by atoms with Gasteiger partial charge in [-0.1, -0.05) is 70.4 Å². The summed E-state index contributed by atoms with van der Waals surface area (Å²) in [5.41, 5.74) is 0.977. The van der Waals surface area contributed by atoms with Gasteiger partial charge in [0.1, 0.15) is 0 Å². The largest absolute Gasteiger partial charge is 0.203 e. The molecule has 0 radical (unpaired) electrons. The summed E-state index contributed by atoms with van der Waals surface area (Å²) in [6, 6.07) is 3.49. The summed E-state index contributed by atoms with van der Waals surface area (Å²) in [4.78, 5) is 0. The Kier molecular flexibility index (Phi) is 6.52. The molecule has 0 bridgehead atoms. The molecule has 0 nitrogen and oxygen atoms in total. The normalized spacial score (nSPS) is 30.4. The fourth-order valence-electron chi connectivity index (χ4n) is 4.97. The molecule has 2 saturated carbocycles. The van der Waals surface area contributed by atoms with Crippen molar-refractivity contribution >= 4 is 0 Å². The first-order valence-electron chi connectivity index (χ1n) is 10.5. The molecule has 0 aromatic heterocycles. The Hall–Kier alpha value is -0.920. The zero-order valence-corrected chi connectivity index (χ0v) is 16.0. The van der Waals surface area contributed by atoms with Crippen LogP contribution in [0, 0.1) is 42.2 Å². The zero-order valence-electron chi connectivity index (χ0n) is 16.0. The van der Waals surface area contributed by atoms with Crippen molar-refractivity contribution < 1.29 is 8.78 Å². The van der Waals surface area contributed by atoms with Crippen LogP contribution in [0.25, 0.3) is 0 Å². The Morgan fingerprint density at radius 2 is 1.28 bits per heavy atom. The van der Waals surface area contributed by atoms with E-state index in [4.69, 9.17) is 0 Å². The quantitative estimate of drug-likeness (QED) is 0.526. The summed E-state index contributed by atoms with van der Waals surface area (Å²) in [5, 5.41) is 0. The second-order valence-electron chi connectivity index (χ2n) is 8.96. The highest BCUT2D eigenvalue weighted by atomic mass is 19.2. The molecule has 0 aliphatic heterocycles. The van der Waals surface area contributed by atoms with Crippen molar-refractivity contribution in [1.82, 2.24) is 0 Å². The molecule has 1 aromatic rings. The van der Waals surface area contributed by atoms with Gasteiger partial charge in [0.25, 0.3) is 0 Å². The molecule has 0 spiro atoms. The molecule has 0 N–H and O–H groups in total. The molecule has 2 aliphatic carbocycles. The maximum Gasteiger partial charge on any atom is 0.162 e. The van der Waals surface area contributed by atoms with Crippen molar-refractivity contribution in [3.63, 3.8) is 0 Å². The fourth-order valence-corrected chi connectivity index (χ4v) is 4.97. The summed E-state index contributed by atoms with van der Waals surface area (Å²) < 4.78 is 27.8. The van der Waals surface area contributed by atoms with E-state index in [1.54, 1.807) is 19.1 Å². The highest BCUT2D eigenvalue weighted by molar-refractivity contribution is 5.25. The van der Waals surface area contributed by atoms with E-state index in [0.29, 0.717) is 23.5 Å². The van der Waals surface area contributed by atoms with Crippen LogP contribution in [-0.4, -0.2) is 0 Å². The summed E-state index contributed by atoms with van der Waals surface area (Å²) in [6.45, 7) is 4.01. The smallest absolute Gasteiger partial charge is 0.162 e. The molecule has 0 heterocycles. The average molecular weight is 349 g/mol. The Morgan fingerprint density at radius 3 is 1.88 bits per heavy atom. The van der Waals surface area contributed by atoms with Crippen molar-refractivity contribution in [2.45, 2.75) is 84.5 Å². The summed E-state index contributed by atoms with van der Waals surface area (Å²) in [7, 11) is 0. The van der Waals surface area contributed by atoms with Crippen molar-refractivity contribution in [1.29, 1.82) is 0 Å². The maximum absolute atomic E-state index is 14.1. The SMILES string of the molecule is Cc1ccc(CC2CCC(CCC3CCC(C)CC3)CC2)c(F)c1F. The Bertz CT molecular complexity index is 549. The lowest BCUT2D eigenvalue weighted by Gasteiger charge is -2.31. The van der Waals surface area contributed by atoms with Crippen molar-refractivity contribution in [3.05, 3.63) is 34.9 Å². The first kappa shape index (κ1) is 18.9. The number of hydrogen-bond donors (Lipinski definition) is 0. The minimum atomic E-state index is -0.659. The highest BCUT2D eigenvalue weighted by Gasteiger charge is 2.25. The molecule has 2 aliphatic rings. The van der Waals surface area contributed by atoms with Gasteiger partial charge in [0, 0.05) is 0 Å². The van der Waals surface area contributed by atoms with Gasteiger partial charge in [-0.2, -0.15) is 0 Å². The lowest BCUT2D eigenvalue weighted by Crippen LogP contribution is -2.19. The molecule has 2 fully saturated rings. The van der Waals surface area contributed by atoms with Gasteiger partial charge in [0.2, 0.25) is 0 Å². The Labute approximate surface area is 152 Å². The predicted molar refractivity (Wildman–Crippen MR) is 101 cm³/mol. The van der Waals surface area contributed by atoms with E-state index in [1.165, 1.54) is 64.2 Å². The number of aryl methyl sites for hydroxylation is 1. The molecular weight excluding hydrogens is 314 g/mol. The third-order valence-corrected chi connectivity index (χ3v) is 6.95. The molecule has 0 unspecified atom stereocenters. The monoisotopic (exact) mass is 348 g/mol. The standard InChI is InChI=1S/C23H34F2/c1-16-3-6-18(7-4-16)8-9-19-10-12-20(13-11-19)15-21-14-5-17(2)22(24)23(21)25/h5,14,16,18-20H,3-4,6-13,15H2,1-2H3. The lowest BCUT2D eigenvalue weighted by molar-refractivity contribution is 0.220. The molecular formula is C23H34F2. The van der Waals surface area contributed by atoms with Gasteiger partial charge >= 0.3 is 0 Å². The van der Waals surface area contributed by atoms with Crippen LogP contribution in [0.15, 0.2) is 12.1 Å². The molecule has 0 amide bonds. The minimum absolute atomic E-state index is 0.405. The summed E-state index contributed by atoms with van der Waals surface area (Å²) in [5.74, 6) is 2.04. The Morgan fingerprint density at radius 1 is 0.760 bits per heavy atom. The molecule has 140 valence electrons. The minimum Gasteiger partial charge on any atom is -0.203 e. The topological polar surface area (TPSA) is 0 Å². The second-order valence-corrected chi connectivity index (χ2v) is 8.96. The van der Waals surface area contributed by atoms with Gasteiger partial charge in [-0.15, -0.1) is 0 Å². The van der Waals surface area contributed by atoms with E-state index in [-0.39, 0.29) is 0 Å². The molecule has 0 atom stereocenters. The van der Waals surface area contributed by atoms with E-state index in [1.807, 2.05) is 0 Å². The van der Waals surface area contributed by atoms with Crippen LogP contribution in [0.5, 0.6) is 0 Å². The number of benzene rings is 1. The van der Waals surface area contributed by atoms with Crippen LogP contribution in [0.1, 0.15) is 82.3 Å². The average Bonchev–Trinajstić information content (AvgIpc) is 2.63. The van der Waals surface area contributed by atoms with Gasteiger partial charge in [-0.05, 0) is 61.0 Å². The predicted octanol–water partition coefficient (Wildman–Crippen LogP) is 7.23. The van der Waals surface area contributed by atoms with Gasteiger partial charge in [-0.3, -0.25) is 0 Å². The molecule has 0 saturated heterocycles. The van der Waals surface area contributed by atoms with Crippen LogP contribution < -0.4 is 0 Å². The molecule has 3 rings (SSSR count). The van der Waals surface area contributed by atoms with Crippen molar-refractivity contribution in [2.75, 3.05) is 0 Å². The van der Waals surface area contributed by atoms with Gasteiger partial charge < -0.3 is 0 Å². The van der Waals surface area contributed by atoms with E-state index in [9.17, 15) is 8.78 Å². The van der Waals surface area contributed by atoms with Gasteiger partial charge in [0.15, 0.2) is 11.6 Å². The van der Waals surface area contributed by atoms with Crippen LogP contribution >= 0.6 is 0 Å². The van der Waals surface area contributed by atoms with Gasteiger partial charge in [-0.25, -0.2) is 8.78 Å². The maximum atomic E-state index is 14.1. The first-order valence-corrected chi connectivity index (χ1v) is 10.5. The van der Waals surface area contributed by atoms with Crippen LogP contribution in [0.2, 0.25) is 0 Å². The van der Waals surface area contributed by atoms with E-state index < -0.39 is 11.6 Å². The molecule has 2 heteroatoms. The van der Waals surface area contributed by atoms with Crippen LogP contribution in [0.4, 0.5) is 8.78 Å². The highest BCUT2D eigenvalue weighted by Crippen LogP contribution is 2.37. The summed E-state index contributed by atoms with van der Waals surface area (Å²) in [6.07, 6.45) is 14.2. The molecule has 25 heavy (non-hydrogen) atoms. The Balaban J connectivity index is 1.41. The fraction of sp³-hybridized carbons (Fsp3) is 0.739.